The van der Waals surface area contributed by atoms with E-state index in [2.05, 4.69) is 10.6 Å². The molecule has 0 saturated heterocycles. The average molecular weight is 334 g/mol. The minimum Gasteiger partial charge on any atom is -0.466 e. The Labute approximate surface area is 139 Å². The summed E-state index contributed by atoms with van der Waals surface area (Å²) in [5.74, 6) is 0.429. The molecular formula is C17H22N2O3S. The summed E-state index contributed by atoms with van der Waals surface area (Å²) < 4.78 is 5.39. The number of urea groups is 1. The van der Waals surface area contributed by atoms with Gasteiger partial charge in [-0.2, -0.15) is 0 Å². The van der Waals surface area contributed by atoms with E-state index >= 15 is 0 Å². The maximum atomic E-state index is 12.1. The second-order valence-corrected chi connectivity index (χ2v) is 6.92. The van der Waals surface area contributed by atoms with Crippen molar-refractivity contribution in [1.82, 2.24) is 10.6 Å². The number of hydrogen-bond donors (Lipinski definition) is 3. The van der Waals surface area contributed by atoms with Crippen molar-refractivity contribution in [3.05, 3.63) is 46.5 Å². The molecule has 23 heavy (non-hydrogen) atoms. The zero-order chi connectivity index (χ0) is 16.1. The SMILES string of the molecule is O=C(NCC(O)(c1ccco1)c1cccs1)NC1CCCCC1. The number of carbonyl (C=O) groups is 1. The summed E-state index contributed by atoms with van der Waals surface area (Å²) in [5.41, 5.74) is -1.35. The lowest BCUT2D eigenvalue weighted by Crippen LogP contribution is -2.48. The molecule has 5 nitrogen and oxygen atoms in total. The minimum atomic E-state index is -1.35. The first-order valence-corrected chi connectivity index (χ1v) is 8.91. The molecule has 1 unspecified atom stereocenters. The molecule has 6 heteroatoms. The second kappa shape index (κ2) is 7.19. The highest BCUT2D eigenvalue weighted by Gasteiger charge is 2.36. The van der Waals surface area contributed by atoms with Crippen molar-refractivity contribution >= 4 is 17.4 Å². The van der Waals surface area contributed by atoms with Crippen LogP contribution in [0, 0.1) is 0 Å². The zero-order valence-electron chi connectivity index (χ0n) is 13.0. The average Bonchev–Trinajstić information content (AvgIpc) is 3.27. The quantitative estimate of drug-likeness (QED) is 0.786. The van der Waals surface area contributed by atoms with Crippen LogP contribution in [-0.2, 0) is 5.60 Å². The first-order valence-electron chi connectivity index (χ1n) is 8.03. The molecule has 1 aliphatic rings. The van der Waals surface area contributed by atoms with E-state index in [-0.39, 0.29) is 18.6 Å². The van der Waals surface area contributed by atoms with Crippen molar-refractivity contribution in [2.24, 2.45) is 0 Å². The van der Waals surface area contributed by atoms with Gasteiger partial charge in [0.05, 0.1) is 12.8 Å². The zero-order valence-corrected chi connectivity index (χ0v) is 13.8. The monoisotopic (exact) mass is 334 g/mol. The predicted octanol–water partition coefficient (Wildman–Crippen LogP) is 3.21. The molecule has 2 heterocycles. The first-order chi connectivity index (χ1) is 11.2. The fourth-order valence-electron chi connectivity index (χ4n) is 3.01. The van der Waals surface area contributed by atoms with Gasteiger partial charge in [0.2, 0.25) is 0 Å². The van der Waals surface area contributed by atoms with Crippen molar-refractivity contribution in [3.8, 4) is 0 Å². The summed E-state index contributed by atoms with van der Waals surface area (Å²) in [6.45, 7) is 0.0690. The standard InChI is InChI=1S/C17H22N2O3S/c20-16(19-13-6-2-1-3-7-13)18-12-17(21,14-8-4-10-22-14)15-9-5-11-23-15/h4-5,8-11,13,21H,1-3,6-7,12H2,(H2,18,19,20). The van der Waals surface area contributed by atoms with E-state index in [4.69, 9.17) is 4.42 Å². The lowest BCUT2D eigenvalue weighted by atomic mass is 9.95. The van der Waals surface area contributed by atoms with E-state index in [1.807, 2.05) is 17.5 Å². The van der Waals surface area contributed by atoms with E-state index in [0.29, 0.717) is 5.76 Å². The Bertz CT molecular complexity index is 570. The molecule has 124 valence electrons. The van der Waals surface area contributed by atoms with Crippen molar-refractivity contribution in [1.29, 1.82) is 0 Å². The van der Waals surface area contributed by atoms with Gasteiger partial charge in [-0.05, 0) is 36.4 Å². The maximum absolute atomic E-state index is 12.1. The molecule has 0 aromatic carbocycles. The maximum Gasteiger partial charge on any atom is 0.315 e. The van der Waals surface area contributed by atoms with E-state index in [1.165, 1.54) is 24.0 Å². The van der Waals surface area contributed by atoms with E-state index in [1.54, 1.807) is 12.1 Å². The molecule has 2 aromatic rings. The topological polar surface area (TPSA) is 74.5 Å². The number of amides is 2. The van der Waals surface area contributed by atoms with Crippen LogP contribution in [0.15, 0.2) is 40.3 Å². The summed E-state index contributed by atoms with van der Waals surface area (Å²) >= 11 is 1.43. The van der Waals surface area contributed by atoms with Crippen LogP contribution in [-0.4, -0.2) is 23.7 Å². The molecule has 0 spiro atoms. The molecule has 1 fully saturated rings. The summed E-state index contributed by atoms with van der Waals surface area (Å²) in [6.07, 6.45) is 7.15. The Morgan fingerprint density at radius 3 is 2.78 bits per heavy atom. The third kappa shape index (κ3) is 3.76. The number of furan rings is 1. The molecule has 2 aromatic heterocycles. The molecule has 0 radical (unpaired) electrons. The number of carbonyl (C=O) groups excluding carboxylic acids is 1. The highest BCUT2D eigenvalue weighted by atomic mass is 32.1. The van der Waals surface area contributed by atoms with Crippen molar-refractivity contribution in [2.75, 3.05) is 6.54 Å². The van der Waals surface area contributed by atoms with Crippen molar-refractivity contribution < 1.29 is 14.3 Å². The van der Waals surface area contributed by atoms with Crippen LogP contribution in [0.5, 0.6) is 0 Å². The van der Waals surface area contributed by atoms with Crippen LogP contribution < -0.4 is 10.6 Å². The van der Waals surface area contributed by atoms with Crippen LogP contribution in [0.4, 0.5) is 4.79 Å². The predicted molar refractivity (Wildman–Crippen MR) is 89.4 cm³/mol. The van der Waals surface area contributed by atoms with Gasteiger partial charge in [-0.3, -0.25) is 0 Å². The van der Waals surface area contributed by atoms with Crippen molar-refractivity contribution in [3.63, 3.8) is 0 Å². The number of rotatable bonds is 5. The van der Waals surface area contributed by atoms with E-state index in [9.17, 15) is 9.90 Å². The van der Waals surface area contributed by atoms with Crippen LogP contribution in [0.1, 0.15) is 42.7 Å². The molecular weight excluding hydrogens is 312 g/mol. The number of aliphatic hydroxyl groups is 1. The molecule has 0 bridgehead atoms. The first kappa shape index (κ1) is 16.1. The van der Waals surface area contributed by atoms with Crippen LogP contribution >= 0.6 is 11.3 Å². The van der Waals surface area contributed by atoms with Gasteiger partial charge in [0.15, 0.2) is 5.60 Å². The summed E-state index contributed by atoms with van der Waals surface area (Å²) in [4.78, 5) is 12.9. The molecule has 1 saturated carbocycles. The highest BCUT2D eigenvalue weighted by molar-refractivity contribution is 7.10. The molecule has 1 atom stereocenters. The third-order valence-corrected chi connectivity index (χ3v) is 5.32. The van der Waals surface area contributed by atoms with Gasteiger partial charge in [0.25, 0.3) is 0 Å². The second-order valence-electron chi connectivity index (χ2n) is 5.98. The van der Waals surface area contributed by atoms with E-state index in [0.717, 1.165) is 30.6 Å². The summed E-state index contributed by atoms with van der Waals surface area (Å²) in [7, 11) is 0. The lowest BCUT2D eigenvalue weighted by molar-refractivity contribution is 0.0621. The van der Waals surface area contributed by atoms with Crippen LogP contribution in [0.25, 0.3) is 0 Å². The summed E-state index contributed by atoms with van der Waals surface area (Å²) in [5, 5.41) is 18.7. The Balaban J connectivity index is 1.64. The third-order valence-electron chi connectivity index (χ3n) is 4.30. The van der Waals surface area contributed by atoms with Gasteiger partial charge in [-0.25, -0.2) is 4.79 Å². The number of nitrogens with one attached hydrogen (secondary N) is 2. The number of thiophene rings is 1. The fourth-order valence-corrected chi connectivity index (χ4v) is 3.84. The van der Waals surface area contributed by atoms with E-state index < -0.39 is 5.60 Å². The van der Waals surface area contributed by atoms with Gasteiger partial charge < -0.3 is 20.2 Å². The largest absolute Gasteiger partial charge is 0.466 e. The fraction of sp³-hybridized carbons (Fsp3) is 0.471. The van der Waals surface area contributed by atoms with Gasteiger partial charge in [0.1, 0.15) is 5.76 Å². The Kier molecular flexibility index (Phi) is 5.03. The molecule has 2 amide bonds. The van der Waals surface area contributed by atoms with Gasteiger partial charge in [-0.15, -0.1) is 11.3 Å². The minimum absolute atomic E-state index is 0.0690. The van der Waals surface area contributed by atoms with Gasteiger partial charge in [-0.1, -0.05) is 25.3 Å². The van der Waals surface area contributed by atoms with Crippen molar-refractivity contribution in [2.45, 2.75) is 43.7 Å². The smallest absolute Gasteiger partial charge is 0.315 e. The molecule has 3 N–H and O–H groups in total. The molecule has 0 aliphatic heterocycles. The summed E-state index contributed by atoms with van der Waals surface area (Å²) in [6, 6.07) is 7.17. The van der Waals surface area contributed by atoms with Crippen LogP contribution in [0.3, 0.4) is 0 Å². The Morgan fingerprint density at radius 1 is 1.30 bits per heavy atom. The van der Waals surface area contributed by atoms with Gasteiger partial charge in [0, 0.05) is 10.9 Å². The Hall–Kier alpha value is -1.79. The molecule has 3 rings (SSSR count). The van der Waals surface area contributed by atoms with Crippen LogP contribution in [0.2, 0.25) is 0 Å². The van der Waals surface area contributed by atoms with Gasteiger partial charge >= 0.3 is 6.03 Å². The number of hydrogen-bond acceptors (Lipinski definition) is 4. The Morgan fingerprint density at radius 2 is 2.13 bits per heavy atom. The lowest BCUT2D eigenvalue weighted by Gasteiger charge is -2.27. The molecule has 1 aliphatic carbocycles. The highest BCUT2D eigenvalue weighted by Crippen LogP contribution is 2.32. The normalized spacial score (nSPS) is 18.3.